The summed E-state index contributed by atoms with van der Waals surface area (Å²) in [5.41, 5.74) is 2.12. The summed E-state index contributed by atoms with van der Waals surface area (Å²) in [6.07, 6.45) is 2.37. The Morgan fingerprint density at radius 3 is 2.73 bits per heavy atom. The molecule has 1 aliphatic rings. The molecule has 0 spiro atoms. The van der Waals surface area contributed by atoms with Crippen molar-refractivity contribution in [3.8, 4) is 27.2 Å². The summed E-state index contributed by atoms with van der Waals surface area (Å²) < 4.78 is 6.78. The Hall–Kier alpha value is -3.83. The summed E-state index contributed by atoms with van der Waals surface area (Å²) >= 11 is 3.02. The lowest BCUT2D eigenvalue weighted by Crippen LogP contribution is -2.21. The van der Waals surface area contributed by atoms with Crippen LogP contribution in [0.5, 0.6) is 0 Å². The molecule has 0 saturated carbocycles. The van der Waals surface area contributed by atoms with Crippen LogP contribution in [0.2, 0.25) is 0 Å². The average molecular weight is 477 g/mol. The van der Waals surface area contributed by atoms with Gasteiger partial charge in [-0.05, 0) is 42.2 Å². The Balaban J connectivity index is 1.38. The highest BCUT2D eigenvalue weighted by molar-refractivity contribution is 7.13. The molecule has 5 heterocycles. The minimum Gasteiger partial charge on any atom is -0.355 e. The molecule has 0 unspecified atom stereocenters. The Bertz CT molecular complexity index is 1510. The average Bonchev–Trinajstić information content (AvgIpc) is 3.62. The fourth-order valence-electron chi connectivity index (χ4n) is 3.80. The van der Waals surface area contributed by atoms with Crippen molar-refractivity contribution in [3.05, 3.63) is 74.5 Å². The molecule has 1 amide bonds. The molecule has 0 atom stereocenters. The first kappa shape index (κ1) is 19.8. The molecule has 5 aromatic heterocycles. The number of H-pyrrole nitrogens is 1. The lowest BCUT2D eigenvalue weighted by molar-refractivity contribution is 0.101. The Labute approximate surface area is 194 Å². The van der Waals surface area contributed by atoms with Crippen LogP contribution in [0.15, 0.2) is 56.5 Å². The second-order valence-corrected chi connectivity index (χ2v) is 9.38. The van der Waals surface area contributed by atoms with Crippen LogP contribution in [0.25, 0.3) is 27.2 Å². The highest BCUT2D eigenvalue weighted by Crippen LogP contribution is 2.29. The minimum atomic E-state index is -0.455. The van der Waals surface area contributed by atoms with Gasteiger partial charge in [0.05, 0.1) is 15.4 Å². The molecule has 33 heavy (non-hydrogen) atoms. The van der Waals surface area contributed by atoms with E-state index in [4.69, 9.17) is 4.52 Å². The van der Waals surface area contributed by atoms with Crippen molar-refractivity contribution in [1.82, 2.24) is 24.9 Å². The third-order valence-corrected chi connectivity index (χ3v) is 7.14. The standard InChI is InChI=1S/C22H16N6O3S2/c29-20-12-4-1-5-13(12)23-22(25-20)28-19(11-14(26-28)17-6-2-8-32-17)24-21(30)15-10-16(31-27-15)18-7-3-9-33-18/h2-3,6-11H,1,4-5H2,(H,24,30)(H,23,25,29). The van der Waals surface area contributed by atoms with Crippen LogP contribution >= 0.6 is 22.7 Å². The molecule has 2 N–H and O–H groups in total. The van der Waals surface area contributed by atoms with Gasteiger partial charge in [0.1, 0.15) is 11.5 Å². The predicted octanol–water partition coefficient (Wildman–Crippen LogP) is 4.14. The molecule has 0 fully saturated rings. The first-order valence-corrected chi connectivity index (χ1v) is 12.0. The first-order valence-electron chi connectivity index (χ1n) is 10.2. The van der Waals surface area contributed by atoms with Gasteiger partial charge in [-0.15, -0.1) is 22.7 Å². The number of aryl methyl sites for hydroxylation is 1. The van der Waals surface area contributed by atoms with Crippen LogP contribution in [0.1, 0.15) is 28.2 Å². The fraction of sp³-hybridized carbons (Fsp3) is 0.136. The largest absolute Gasteiger partial charge is 0.355 e. The molecule has 5 aromatic rings. The molecule has 0 aliphatic heterocycles. The number of fused-ring (bicyclic) bond motifs is 1. The lowest BCUT2D eigenvalue weighted by atomic mass is 10.3. The van der Waals surface area contributed by atoms with E-state index < -0.39 is 5.91 Å². The zero-order valence-electron chi connectivity index (χ0n) is 17.1. The van der Waals surface area contributed by atoms with Crippen LogP contribution in [-0.4, -0.2) is 30.8 Å². The maximum Gasteiger partial charge on any atom is 0.279 e. The molecule has 164 valence electrons. The number of amides is 1. The van der Waals surface area contributed by atoms with E-state index in [0.29, 0.717) is 17.3 Å². The molecular formula is C22H16N6O3S2. The second-order valence-electron chi connectivity index (χ2n) is 7.48. The van der Waals surface area contributed by atoms with E-state index in [1.807, 2.05) is 35.0 Å². The van der Waals surface area contributed by atoms with Gasteiger partial charge in [0.15, 0.2) is 11.5 Å². The van der Waals surface area contributed by atoms with E-state index in [1.54, 1.807) is 12.1 Å². The van der Waals surface area contributed by atoms with Crippen molar-refractivity contribution in [1.29, 1.82) is 0 Å². The summed E-state index contributed by atoms with van der Waals surface area (Å²) in [6, 6.07) is 11.0. The topological polar surface area (TPSA) is 119 Å². The van der Waals surface area contributed by atoms with Crippen molar-refractivity contribution in [2.45, 2.75) is 19.3 Å². The smallest absolute Gasteiger partial charge is 0.279 e. The molecule has 1 aliphatic carbocycles. The minimum absolute atomic E-state index is 0.138. The van der Waals surface area contributed by atoms with Crippen molar-refractivity contribution < 1.29 is 9.32 Å². The van der Waals surface area contributed by atoms with Gasteiger partial charge in [-0.2, -0.15) is 9.78 Å². The highest BCUT2D eigenvalue weighted by Gasteiger charge is 2.22. The molecule has 0 bridgehead atoms. The maximum absolute atomic E-state index is 13.0. The van der Waals surface area contributed by atoms with Gasteiger partial charge in [0, 0.05) is 17.7 Å². The first-order chi connectivity index (χ1) is 16.2. The van der Waals surface area contributed by atoms with Gasteiger partial charge in [-0.25, -0.2) is 4.98 Å². The van der Waals surface area contributed by atoms with Crippen LogP contribution < -0.4 is 10.9 Å². The molecule has 11 heteroatoms. The Kier molecular flexibility index (Phi) is 4.77. The number of rotatable bonds is 5. The highest BCUT2D eigenvalue weighted by atomic mass is 32.1. The normalized spacial score (nSPS) is 12.7. The summed E-state index contributed by atoms with van der Waals surface area (Å²) in [6.45, 7) is 0. The van der Waals surface area contributed by atoms with Crippen LogP contribution in [0.4, 0.5) is 5.82 Å². The third kappa shape index (κ3) is 3.60. The second kappa shape index (κ2) is 7.94. The van der Waals surface area contributed by atoms with Gasteiger partial charge in [-0.3, -0.25) is 14.6 Å². The molecule has 0 radical (unpaired) electrons. The van der Waals surface area contributed by atoms with E-state index in [-0.39, 0.29) is 17.2 Å². The molecule has 9 nitrogen and oxygen atoms in total. The van der Waals surface area contributed by atoms with E-state index in [0.717, 1.165) is 40.3 Å². The van der Waals surface area contributed by atoms with Crippen molar-refractivity contribution in [2.24, 2.45) is 0 Å². The van der Waals surface area contributed by atoms with Gasteiger partial charge >= 0.3 is 0 Å². The van der Waals surface area contributed by atoms with E-state index in [2.05, 4.69) is 25.5 Å². The number of anilines is 1. The van der Waals surface area contributed by atoms with E-state index >= 15 is 0 Å². The molecule has 6 rings (SSSR count). The van der Waals surface area contributed by atoms with Crippen LogP contribution in [0, 0.1) is 0 Å². The zero-order chi connectivity index (χ0) is 22.4. The summed E-state index contributed by atoms with van der Waals surface area (Å²) in [5.74, 6) is 0.694. The third-order valence-electron chi connectivity index (χ3n) is 5.36. The Morgan fingerprint density at radius 2 is 1.94 bits per heavy atom. The summed E-state index contributed by atoms with van der Waals surface area (Å²) in [5, 5.41) is 15.2. The number of aromatic amines is 1. The zero-order valence-corrected chi connectivity index (χ0v) is 18.7. The Morgan fingerprint density at radius 1 is 1.12 bits per heavy atom. The molecule has 0 aromatic carbocycles. The number of nitrogens with one attached hydrogen (secondary N) is 2. The van der Waals surface area contributed by atoms with E-state index in [9.17, 15) is 9.59 Å². The summed E-state index contributed by atoms with van der Waals surface area (Å²) in [4.78, 5) is 34.8. The number of nitrogens with zero attached hydrogens (tertiary/aromatic N) is 4. The van der Waals surface area contributed by atoms with Crippen LogP contribution in [-0.2, 0) is 12.8 Å². The lowest BCUT2D eigenvalue weighted by Gasteiger charge is -2.08. The van der Waals surface area contributed by atoms with Crippen LogP contribution in [0.3, 0.4) is 0 Å². The fourth-order valence-corrected chi connectivity index (χ4v) is 5.16. The predicted molar refractivity (Wildman–Crippen MR) is 125 cm³/mol. The maximum atomic E-state index is 13.0. The summed E-state index contributed by atoms with van der Waals surface area (Å²) in [7, 11) is 0. The number of hydrogen-bond acceptors (Lipinski definition) is 8. The van der Waals surface area contributed by atoms with Crippen molar-refractivity contribution >= 4 is 34.4 Å². The van der Waals surface area contributed by atoms with Crippen molar-refractivity contribution in [2.75, 3.05) is 5.32 Å². The van der Waals surface area contributed by atoms with E-state index in [1.165, 1.54) is 27.4 Å². The molecular weight excluding hydrogens is 460 g/mol. The van der Waals surface area contributed by atoms with Crippen molar-refractivity contribution in [3.63, 3.8) is 0 Å². The number of thiophene rings is 2. The molecule has 0 saturated heterocycles. The van der Waals surface area contributed by atoms with Gasteiger partial charge < -0.3 is 9.84 Å². The van der Waals surface area contributed by atoms with Gasteiger partial charge in [-0.1, -0.05) is 17.3 Å². The number of hydrogen-bond donors (Lipinski definition) is 2. The SMILES string of the molecule is O=C(Nc1cc(-c2cccs2)nn1-c1nc2c(c(=O)[nH]1)CCC2)c1cc(-c2cccs2)on1. The number of carbonyl (C=O) groups excluding carboxylic acids is 1. The monoisotopic (exact) mass is 476 g/mol. The van der Waals surface area contributed by atoms with Gasteiger partial charge in [0.25, 0.3) is 11.5 Å². The quantitative estimate of drug-likeness (QED) is 0.394. The number of carbonyl (C=O) groups is 1. The number of aromatic nitrogens is 5. The van der Waals surface area contributed by atoms with Gasteiger partial charge in [0.2, 0.25) is 5.95 Å².